The molecule has 2 aromatic rings. The van der Waals surface area contributed by atoms with Crippen molar-refractivity contribution in [2.75, 3.05) is 19.8 Å². The number of nitrogens with zero attached hydrogens (tertiary/aromatic N) is 1. The Balaban J connectivity index is 2.13. The van der Waals surface area contributed by atoms with Crippen molar-refractivity contribution in [1.82, 2.24) is 10.2 Å². The Hall–Kier alpha value is -2.64. The number of aliphatic hydroxyl groups is 1. The molecule has 8 heteroatoms. The van der Waals surface area contributed by atoms with Gasteiger partial charge in [-0.2, -0.15) is 0 Å². The van der Waals surface area contributed by atoms with E-state index in [0.717, 1.165) is 0 Å². The van der Waals surface area contributed by atoms with Gasteiger partial charge in [0.1, 0.15) is 17.6 Å². The summed E-state index contributed by atoms with van der Waals surface area (Å²) in [6, 6.07) is 11.6. The standard InChI is InChI=1S/C20H22ClFN2O4/c1-14(20(27)23-10-11-25)24(12-15-6-8-16(22)9-7-15)19(26)13-28-18-5-3-2-4-17(18)21/h2-9,14,25H,10-13H2,1H3,(H,23,27). The SMILES string of the molecule is CC(C(=O)NCCO)N(Cc1ccc(F)cc1)C(=O)COc1ccccc1Cl. The summed E-state index contributed by atoms with van der Waals surface area (Å²) in [5, 5.41) is 11.8. The van der Waals surface area contributed by atoms with Crippen LogP contribution in [0.5, 0.6) is 5.75 Å². The van der Waals surface area contributed by atoms with Crippen LogP contribution >= 0.6 is 11.6 Å². The predicted octanol–water partition coefficient (Wildman–Crippen LogP) is 2.38. The second kappa shape index (κ2) is 10.6. The summed E-state index contributed by atoms with van der Waals surface area (Å²) in [5.41, 5.74) is 0.661. The first-order valence-corrected chi connectivity index (χ1v) is 9.10. The molecule has 2 amide bonds. The van der Waals surface area contributed by atoms with Gasteiger partial charge in [-0.15, -0.1) is 0 Å². The Bertz CT molecular complexity index is 801. The summed E-state index contributed by atoms with van der Waals surface area (Å²) in [4.78, 5) is 26.4. The normalized spacial score (nSPS) is 11.6. The number of carbonyl (C=O) groups is 2. The lowest BCUT2D eigenvalue weighted by molar-refractivity contribution is -0.142. The van der Waals surface area contributed by atoms with Crippen molar-refractivity contribution in [3.63, 3.8) is 0 Å². The van der Waals surface area contributed by atoms with E-state index < -0.39 is 23.7 Å². The fourth-order valence-corrected chi connectivity index (χ4v) is 2.67. The molecule has 2 N–H and O–H groups in total. The monoisotopic (exact) mass is 408 g/mol. The van der Waals surface area contributed by atoms with Crippen molar-refractivity contribution in [3.05, 3.63) is 64.9 Å². The van der Waals surface area contributed by atoms with Crippen LogP contribution < -0.4 is 10.1 Å². The molecule has 28 heavy (non-hydrogen) atoms. The summed E-state index contributed by atoms with van der Waals surface area (Å²) >= 11 is 6.03. The highest BCUT2D eigenvalue weighted by molar-refractivity contribution is 6.32. The second-order valence-electron chi connectivity index (χ2n) is 6.06. The van der Waals surface area contributed by atoms with Crippen LogP contribution in [-0.4, -0.2) is 47.6 Å². The number of hydrogen-bond donors (Lipinski definition) is 2. The average molecular weight is 409 g/mol. The molecule has 1 unspecified atom stereocenters. The topological polar surface area (TPSA) is 78.9 Å². The number of rotatable bonds is 9. The van der Waals surface area contributed by atoms with Crippen molar-refractivity contribution in [3.8, 4) is 5.75 Å². The molecule has 2 aromatic carbocycles. The quantitative estimate of drug-likeness (QED) is 0.667. The van der Waals surface area contributed by atoms with Crippen molar-refractivity contribution in [2.45, 2.75) is 19.5 Å². The van der Waals surface area contributed by atoms with Gasteiger partial charge in [0.25, 0.3) is 5.91 Å². The van der Waals surface area contributed by atoms with Crippen LogP contribution in [0.15, 0.2) is 48.5 Å². The summed E-state index contributed by atoms with van der Waals surface area (Å²) < 4.78 is 18.6. The van der Waals surface area contributed by atoms with Crippen molar-refractivity contribution in [1.29, 1.82) is 0 Å². The van der Waals surface area contributed by atoms with Gasteiger partial charge in [0.15, 0.2) is 6.61 Å². The average Bonchev–Trinajstić information content (AvgIpc) is 2.70. The Labute approximate surface area is 167 Å². The number of hydrogen-bond acceptors (Lipinski definition) is 4. The molecule has 0 heterocycles. The fourth-order valence-electron chi connectivity index (χ4n) is 2.48. The zero-order chi connectivity index (χ0) is 20.5. The van der Waals surface area contributed by atoms with Gasteiger partial charge in [0.2, 0.25) is 5.91 Å². The van der Waals surface area contributed by atoms with E-state index in [-0.39, 0.29) is 26.3 Å². The van der Waals surface area contributed by atoms with Gasteiger partial charge < -0.3 is 20.1 Å². The summed E-state index contributed by atoms with van der Waals surface area (Å²) in [5.74, 6) is -0.882. The molecule has 0 radical (unpaired) electrons. The zero-order valence-electron chi connectivity index (χ0n) is 15.4. The number of aliphatic hydroxyl groups excluding tert-OH is 1. The first-order valence-electron chi connectivity index (χ1n) is 8.72. The number of carbonyl (C=O) groups excluding carboxylic acids is 2. The molecule has 0 aliphatic heterocycles. The van der Waals surface area contributed by atoms with E-state index in [2.05, 4.69) is 5.32 Å². The van der Waals surface area contributed by atoms with Crippen LogP contribution in [0.1, 0.15) is 12.5 Å². The first kappa shape index (κ1) is 21.7. The molecule has 6 nitrogen and oxygen atoms in total. The van der Waals surface area contributed by atoms with E-state index in [9.17, 15) is 14.0 Å². The lowest BCUT2D eigenvalue weighted by Gasteiger charge is -2.28. The number of halogens is 2. The molecule has 0 saturated heterocycles. The third kappa shape index (κ3) is 6.21. The highest BCUT2D eigenvalue weighted by Crippen LogP contribution is 2.23. The van der Waals surface area contributed by atoms with E-state index >= 15 is 0 Å². The minimum Gasteiger partial charge on any atom is -0.482 e. The maximum Gasteiger partial charge on any atom is 0.261 e. The minimum atomic E-state index is -0.820. The molecule has 0 spiro atoms. The molecular weight excluding hydrogens is 387 g/mol. The van der Waals surface area contributed by atoms with Crippen LogP contribution in [0, 0.1) is 5.82 Å². The van der Waals surface area contributed by atoms with Gasteiger partial charge >= 0.3 is 0 Å². The van der Waals surface area contributed by atoms with Gasteiger partial charge in [-0.05, 0) is 36.8 Å². The summed E-state index contributed by atoms with van der Waals surface area (Å²) in [7, 11) is 0. The molecule has 0 aliphatic carbocycles. The Kier molecular flexibility index (Phi) is 8.22. The van der Waals surface area contributed by atoms with Crippen molar-refractivity contribution < 1.29 is 23.8 Å². The highest BCUT2D eigenvalue weighted by Gasteiger charge is 2.26. The summed E-state index contributed by atoms with van der Waals surface area (Å²) in [6.45, 7) is 1.22. The molecule has 0 aromatic heterocycles. The van der Waals surface area contributed by atoms with E-state index in [0.29, 0.717) is 16.3 Å². The molecular formula is C20H22ClFN2O4. The number of para-hydroxylation sites is 1. The molecule has 0 fully saturated rings. The van der Waals surface area contributed by atoms with Gasteiger partial charge in [-0.25, -0.2) is 4.39 Å². The predicted molar refractivity (Wildman–Crippen MR) is 103 cm³/mol. The Morgan fingerprint density at radius 1 is 1.21 bits per heavy atom. The fraction of sp³-hybridized carbons (Fsp3) is 0.300. The molecule has 2 rings (SSSR count). The lowest BCUT2D eigenvalue weighted by atomic mass is 10.1. The largest absolute Gasteiger partial charge is 0.482 e. The minimum absolute atomic E-state index is 0.0812. The molecule has 1 atom stereocenters. The van der Waals surface area contributed by atoms with Gasteiger partial charge in [-0.1, -0.05) is 35.9 Å². The van der Waals surface area contributed by atoms with Crippen LogP contribution in [0.3, 0.4) is 0 Å². The number of nitrogens with one attached hydrogen (secondary N) is 1. The van der Waals surface area contributed by atoms with E-state index in [1.165, 1.54) is 17.0 Å². The van der Waals surface area contributed by atoms with Crippen molar-refractivity contribution >= 4 is 23.4 Å². The third-order valence-electron chi connectivity index (χ3n) is 4.03. The van der Waals surface area contributed by atoms with Gasteiger partial charge in [0, 0.05) is 13.1 Å². The van der Waals surface area contributed by atoms with Gasteiger partial charge in [-0.3, -0.25) is 9.59 Å². The molecule has 0 saturated carbocycles. The van der Waals surface area contributed by atoms with Crippen LogP contribution in [0.2, 0.25) is 5.02 Å². The van der Waals surface area contributed by atoms with E-state index in [1.807, 2.05) is 0 Å². The molecule has 0 bridgehead atoms. The van der Waals surface area contributed by atoms with Crippen molar-refractivity contribution in [2.24, 2.45) is 0 Å². The Morgan fingerprint density at radius 3 is 2.54 bits per heavy atom. The Morgan fingerprint density at radius 2 is 1.89 bits per heavy atom. The summed E-state index contributed by atoms with van der Waals surface area (Å²) in [6.07, 6.45) is 0. The van der Waals surface area contributed by atoms with Gasteiger partial charge in [0.05, 0.1) is 11.6 Å². The number of benzene rings is 2. The van der Waals surface area contributed by atoms with E-state index in [1.54, 1.807) is 43.3 Å². The number of ether oxygens (including phenoxy) is 1. The van der Waals surface area contributed by atoms with E-state index in [4.69, 9.17) is 21.4 Å². The number of amides is 2. The van der Waals surface area contributed by atoms with Crippen LogP contribution in [0.4, 0.5) is 4.39 Å². The maximum atomic E-state index is 13.2. The molecule has 0 aliphatic rings. The maximum absolute atomic E-state index is 13.2. The smallest absolute Gasteiger partial charge is 0.261 e. The zero-order valence-corrected chi connectivity index (χ0v) is 16.2. The second-order valence-corrected chi connectivity index (χ2v) is 6.47. The van der Waals surface area contributed by atoms with Crippen LogP contribution in [0.25, 0.3) is 0 Å². The van der Waals surface area contributed by atoms with Crippen LogP contribution in [-0.2, 0) is 16.1 Å². The lowest BCUT2D eigenvalue weighted by Crippen LogP contribution is -2.49. The molecule has 150 valence electrons. The highest BCUT2D eigenvalue weighted by atomic mass is 35.5. The third-order valence-corrected chi connectivity index (χ3v) is 4.34. The first-order chi connectivity index (χ1) is 13.4.